The SMILES string of the molecule is CCCN1c2ccc(/C=N\NC(=O)c3cc4cc([N+](=O)[O-])ccc4o3)cc2C(C)=CC1(C)C. The van der Waals surface area contributed by atoms with Crippen molar-refractivity contribution < 1.29 is 14.1 Å². The molecule has 1 N–H and O–H groups in total. The molecule has 0 saturated heterocycles. The van der Waals surface area contributed by atoms with Gasteiger partial charge in [-0.2, -0.15) is 5.10 Å². The summed E-state index contributed by atoms with van der Waals surface area (Å²) in [6.45, 7) is 9.69. The first-order valence-electron chi connectivity index (χ1n) is 10.8. The van der Waals surface area contributed by atoms with Crippen molar-refractivity contribution in [2.45, 2.75) is 39.7 Å². The predicted octanol–water partition coefficient (Wildman–Crippen LogP) is 5.52. The zero-order chi connectivity index (χ0) is 23.8. The summed E-state index contributed by atoms with van der Waals surface area (Å²) >= 11 is 0. The van der Waals surface area contributed by atoms with Crippen molar-refractivity contribution in [1.29, 1.82) is 0 Å². The molecule has 1 amide bonds. The highest BCUT2D eigenvalue weighted by atomic mass is 16.6. The van der Waals surface area contributed by atoms with Crippen LogP contribution in [0.1, 0.15) is 55.8 Å². The summed E-state index contributed by atoms with van der Waals surface area (Å²) < 4.78 is 5.49. The lowest BCUT2D eigenvalue weighted by Gasteiger charge is -2.43. The Bertz CT molecular complexity index is 1300. The number of amides is 1. The number of hydrogen-bond acceptors (Lipinski definition) is 6. The zero-order valence-electron chi connectivity index (χ0n) is 19.1. The lowest BCUT2D eigenvalue weighted by molar-refractivity contribution is -0.384. The third kappa shape index (κ3) is 4.37. The van der Waals surface area contributed by atoms with E-state index in [1.54, 1.807) is 6.21 Å². The van der Waals surface area contributed by atoms with Gasteiger partial charge >= 0.3 is 5.91 Å². The van der Waals surface area contributed by atoms with Gasteiger partial charge in [0.25, 0.3) is 5.69 Å². The summed E-state index contributed by atoms with van der Waals surface area (Å²) in [7, 11) is 0. The van der Waals surface area contributed by atoms with Gasteiger partial charge in [0.15, 0.2) is 5.76 Å². The van der Waals surface area contributed by atoms with Crippen molar-refractivity contribution in [3.8, 4) is 0 Å². The molecule has 4 rings (SSSR count). The van der Waals surface area contributed by atoms with E-state index < -0.39 is 10.8 Å². The van der Waals surface area contributed by atoms with Crippen LogP contribution in [0.2, 0.25) is 0 Å². The van der Waals surface area contributed by atoms with Crippen molar-refractivity contribution in [3.05, 3.63) is 75.5 Å². The smallest absolute Gasteiger partial charge is 0.307 e. The maximum absolute atomic E-state index is 12.4. The second kappa shape index (κ2) is 8.54. The van der Waals surface area contributed by atoms with E-state index in [2.05, 4.69) is 61.3 Å². The third-order valence-corrected chi connectivity index (χ3v) is 5.76. The van der Waals surface area contributed by atoms with Crippen LogP contribution in [-0.4, -0.2) is 29.1 Å². The largest absolute Gasteiger partial charge is 0.451 e. The fraction of sp³-hybridized carbons (Fsp3) is 0.280. The van der Waals surface area contributed by atoms with Crippen LogP contribution in [-0.2, 0) is 0 Å². The number of nitro groups is 1. The fourth-order valence-electron chi connectivity index (χ4n) is 4.29. The molecule has 1 aromatic heterocycles. The summed E-state index contributed by atoms with van der Waals surface area (Å²) in [6, 6.07) is 11.8. The quantitative estimate of drug-likeness (QED) is 0.305. The van der Waals surface area contributed by atoms with E-state index in [-0.39, 0.29) is 17.0 Å². The summed E-state index contributed by atoms with van der Waals surface area (Å²) in [5.74, 6) is -0.501. The monoisotopic (exact) mass is 446 g/mol. The number of nitrogens with one attached hydrogen (secondary N) is 1. The molecule has 33 heavy (non-hydrogen) atoms. The minimum Gasteiger partial charge on any atom is -0.451 e. The van der Waals surface area contributed by atoms with E-state index in [9.17, 15) is 14.9 Å². The van der Waals surface area contributed by atoms with E-state index in [4.69, 9.17) is 4.42 Å². The highest BCUT2D eigenvalue weighted by molar-refractivity contribution is 5.97. The molecule has 170 valence electrons. The number of fused-ring (bicyclic) bond motifs is 2. The summed E-state index contributed by atoms with van der Waals surface area (Å²) in [6.07, 6.45) is 4.92. The molecule has 2 aromatic carbocycles. The molecule has 0 atom stereocenters. The van der Waals surface area contributed by atoms with Gasteiger partial charge in [-0.1, -0.05) is 19.1 Å². The Morgan fingerprint density at radius 3 is 2.76 bits per heavy atom. The highest BCUT2D eigenvalue weighted by Gasteiger charge is 2.30. The first kappa shape index (κ1) is 22.3. The second-order valence-electron chi connectivity index (χ2n) is 8.70. The van der Waals surface area contributed by atoms with Crippen LogP contribution in [0, 0.1) is 10.1 Å². The van der Waals surface area contributed by atoms with Crippen LogP contribution in [0.25, 0.3) is 16.5 Å². The summed E-state index contributed by atoms with van der Waals surface area (Å²) in [4.78, 5) is 25.3. The Morgan fingerprint density at radius 2 is 2.03 bits per heavy atom. The molecule has 3 aromatic rings. The minimum atomic E-state index is -0.532. The molecule has 0 fully saturated rings. The number of benzene rings is 2. The molecule has 2 heterocycles. The summed E-state index contributed by atoms with van der Waals surface area (Å²) in [5.41, 5.74) is 7.15. The van der Waals surface area contributed by atoms with Gasteiger partial charge in [-0.3, -0.25) is 14.9 Å². The lowest BCUT2D eigenvalue weighted by Crippen LogP contribution is -2.45. The van der Waals surface area contributed by atoms with Gasteiger partial charge in [0.2, 0.25) is 0 Å². The van der Waals surface area contributed by atoms with Gasteiger partial charge in [0, 0.05) is 35.3 Å². The van der Waals surface area contributed by atoms with Gasteiger partial charge < -0.3 is 9.32 Å². The van der Waals surface area contributed by atoms with Crippen LogP contribution in [0.4, 0.5) is 11.4 Å². The molecular weight excluding hydrogens is 420 g/mol. The molecule has 1 aliphatic heterocycles. The second-order valence-corrected chi connectivity index (χ2v) is 8.70. The number of nitro benzene ring substituents is 1. The van der Waals surface area contributed by atoms with Crippen LogP contribution in [0.3, 0.4) is 0 Å². The predicted molar refractivity (Wildman–Crippen MR) is 130 cm³/mol. The molecule has 0 saturated carbocycles. The van der Waals surface area contributed by atoms with Crippen molar-refractivity contribution in [2.24, 2.45) is 5.10 Å². The minimum absolute atomic E-state index is 0.0318. The maximum Gasteiger partial charge on any atom is 0.307 e. The Labute approximate surface area is 191 Å². The first-order valence-corrected chi connectivity index (χ1v) is 10.8. The first-order chi connectivity index (χ1) is 15.7. The van der Waals surface area contributed by atoms with Crippen LogP contribution in [0.5, 0.6) is 0 Å². The molecule has 0 spiro atoms. The number of furan rings is 1. The average molecular weight is 447 g/mol. The molecule has 8 nitrogen and oxygen atoms in total. The number of allylic oxidation sites excluding steroid dienone is 1. The van der Waals surface area contributed by atoms with E-state index >= 15 is 0 Å². The van der Waals surface area contributed by atoms with Gasteiger partial charge in [0.1, 0.15) is 5.58 Å². The normalized spacial score (nSPS) is 14.9. The number of hydrogen-bond donors (Lipinski definition) is 1. The topological polar surface area (TPSA) is 101 Å². The third-order valence-electron chi connectivity index (χ3n) is 5.76. The van der Waals surface area contributed by atoms with E-state index in [1.165, 1.54) is 35.5 Å². The average Bonchev–Trinajstić information content (AvgIpc) is 3.20. The van der Waals surface area contributed by atoms with Gasteiger partial charge in [0.05, 0.1) is 16.7 Å². The van der Waals surface area contributed by atoms with Crippen molar-refractivity contribution in [1.82, 2.24) is 5.43 Å². The zero-order valence-corrected chi connectivity index (χ0v) is 19.1. The van der Waals surface area contributed by atoms with Crippen LogP contribution < -0.4 is 10.3 Å². The lowest BCUT2D eigenvalue weighted by atomic mass is 9.88. The molecule has 0 unspecified atom stereocenters. The molecular formula is C25H26N4O4. The van der Waals surface area contributed by atoms with E-state index in [0.29, 0.717) is 11.0 Å². The van der Waals surface area contributed by atoms with Gasteiger partial charge in [-0.15, -0.1) is 0 Å². The maximum atomic E-state index is 12.4. The number of rotatable bonds is 6. The Balaban J connectivity index is 1.51. The number of carbonyl (C=O) groups is 1. The summed E-state index contributed by atoms with van der Waals surface area (Å²) in [5, 5.41) is 15.5. The Morgan fingerprint density at radius 1 is 1.24 bits per heavy atom. The molecule has 0 radical (unpaired) electrons. The highest BCUT2D eigenvalue weighted by Crippen LogP contribution is 2.39. The Kier molecular flexibility index (Phi) is 5.76. The molecule has 8 heteroatoms. The number of hydrazone groups is 1. The van der Waals surface area contributed by atoms with Gasteiger partial charge in [-0.05, 0) is 62.6 Å². The fourth-order valence-corrected chi connectivity index (χ4v) is 4.29. The number of anilines is 1. The van der Waals surface area contributed by atoms with Crippen molar-refractivity contribution >= 4 is 40.0 Å². The van der Waals surface area contributed by atoms with Crippen LogP contribution >= 0.6 is 0 Å². The van der Waals surface area contributed by atoms with E-state index in [1.807, 2.05) is 6.07 Å². The number of nitrogens with zero attached hydrogens (tertiary/aromatic N) is 3. The molecule has 0 bridgehead atoms. The molecule has 0 aliphatic carbocycles. The number of carbonyl (C=O) groups excluding carboxylic acids is 1. The van der Waals surface area contributed by atoms with Crippen LogP contribution in [0.15, 0.2) is 58.1 Å². The van der Waals surface area contributed by atoms with Crippen molar-refractivity contribution in [2.75, 3.05) is 11.4 Å². The van der Waals surface area contributed by atoms with E-state index in [0.717, 1.165) is 24.1 Å². The van der Waals surface area contributed by atoms with Gasteiger partial charge in [-0.25, -0.2) is 5.43 Å². The number of non-ortho nitro benzene ring substituents is 1. The molecule has 1 aliphatic rings. The standard InChI is InChI=1S/C25H26N4O4/c1-5-10-28-21-8-6-17(11-20(21)16(2)14-25(28,3)4)15-26-27-24(30)23-13-18-12-19(29(31)32)7-9-22(18)33-23/h6-9,11-15H,5,10H2,1-4H3,(H,27,30)/b26-15-. The van der Waals surface area contributed by atoms with Crippen molar-refractivity contribution in [3.63, 3.8) is 0 Å². The Hall–Kier alpha value is -3.94.